The van der Waals surface area contributed by atoms with E-state index in [1.54, 1.807) is 30.3 Å². The molecule has 0 saturated heterocycles. The van der Waals surface area contributed by atoms with Crippen LogP contribution in [-0.2, 0) is 14.3 Å². The second kappa shape index (κ2) is 8.12. The molecule has 0 fully saturated rings. The molecule has 0 unspecified atom stereocenters. The summed E-state index contributed by atoms with van der Waals surface area (Å²) in [5.74, 6) is -1.03. The summed E-state index contributed by atoms with van der Waals surface area (Å²) in [7, 11) is 0. The number of benzene rings is 1. The minimum absolute atomic E-state index is 0.372. The van der Waals surface area contributed by atoms with Crippen LogP contribution >= 0.6 is 38.9 Å². The number of halogens is 2. The van der Waals surface area contributed by atoms with Gasteiger partial charge in [-0.15, -0.1) is 11.3 Å². The lowest BCUT2D eigenvalue weighted by Gasteiger charge is -2.06. The Hall–Kier alpha value is -1.63. The van der Waals surface area contributed by atoms with E-state index in [4.69, 9.17) is 16.3 Å². The third-order valence-corrected chi connectivity index (χ3v) is 4.39. The SMILES string of the molecule is O=C(COC(=O)/C=C/c1ccc(Br)s1)Nc1ccccc1Cl. The molecule has 0 saturated carbocycles. The molecular weight excluding hydrogens is 390 g/mol. The molecule has 1 aromatic heterocycles. The van der Waals surface area contributed by atoms with E-state index in [1.165, 1.54) is 17.4 Å². The van der Waals surface area contributed by atoms with Gasteiger partial charge in [0.15, 0.2) is 6.61 Å². The summed E-state index contributed by atoms with van der Waals surface area (Å²) < 4.78 is 5.83. The molecule has 1 N–H and O–H groups in total. The first kappa shape index (κ1) is 16.7. The van der Waals surface area contributed by atoms with Gasteiger partial charge in [-0.3, -0.25) is 4.79 Å². The molecule has 22 heavy (non-hydrogen) atoms. The number of para-hydroxylation sites is 1. The van der Waals surface area contributed by atoms with E-state index in [9.17, 15) is 9.59 Å². The highest BCUT2D eigenvalue weighted by Crippen LogP contribution is 2.23. The van der Waals surface area contributed by atoms with Crippen LogP contribution in [0.15, 0.2) is 46.3 Å². The zero-order chi connectivity index (χ0) is 15.9. The van der Waals surface area contributed by atoms with E-state index >= 15 is 0 Å². The Morgan fingerprint density at radius 2 is 2.05 bits per heavy atom. The largest absolute Gasteiger partial charge is 0.452 e. The lowest BCUT2D eigenvalue weighted by atomic mass is 10.3. The molecule has 0 bridgehead atoms. The van der Waals surface area contributed by atoms with E-state index < -0.39 is 11.9 Å². The van der Waals surface area contributed by atoms with E-state index in [1.807, 2.05) is 12.1 Å². The van der Waals surface area contributed by atoms with Gasteiger partial charge in [-0.25, -0.2) is 4.79 Å². The third kappa shape index (κ3) is 5.29. The first-order valence-corrected chi connectivity index (χ1v) is 8.18. The lowest BCUT2D eigenvalue weighted by Crippen LogP contribution is -2.20. The molecule has 2 rings (SSSR count). The summed E-state index contributed by atoms with van der Waals surface area (Å²) in [6, 6.07) is 10.6. The van der Waals surface area contributed by atoms with E-state index in [0.717, 1.165) is 8.66 Å². The number of nitrogens with one attached hydrogen (secondary N) is 1. The van der Waals surface area contributed by atoms with Crippen LogP contribution in [0.5, 0.6) is 0 Å². The Morgan fingerprint density at radius 3 is 2.73 bits per heavy atom. The molecule has 1 amide bonds. The van der Waals surface area contributed by atoms with Gasteiger partial charge in [-0.05, 0) is 46.3 Å². The van der Waals surface area contributed by atoms with E-state index in [0.29, 0.717) is 10.7 Å². The van der Waals surface area contributed by atoms with Gasteiger partial charge in [0.1, 0.15) is 0 Å². The van der Waals surface area contributed by atoms with Crippen LogP contribution in [0.4, 0.5) is 5.69 Å². The smallest absolute Gasteiger partial charge is 0.331 e. The summed E-state index contributed by atoms with van der Waals surface area (Å²) in [6.45, 7) is -0.372. The molecule has 0 aliphatic rings. The minimum atomic E-state index is -0.584. The van der Waals surface area contributed by atoms with E-state index in [2.05, 4.69) is 21.2 Å². The molecule has 0 radical (unpaired) electrons. The van der Waals surface area contributed by atoms with Crippen LogP contribution in [0.3, 0.4) is 0 Å². The van der Waals surface area contributed by atoms with Gasteiger partial charge in [0.2, 0.25) is 0 Å². The monoisotopic (exact) mass is 399 g/mol. The van der Waals surface area contributed by atoms with Crippen LogP contribution in [0.25, 0.3) is 6.08 Å². The van der Waals surface area contributed by atoms with E-state index in [-0.39, 0.29) is 6.61 Å². The molecular formula is C15H11BrClNO3S. The zero-order valence-corrected chi connectivity index (χ0v) is 14.4. The van der Waals surface area contributed by atoms with Crippen molar-refractivity contribution in [2.45, 2.75) is 0 Å². The van der Waals surface area contributed by atoms with Crippen LogP contribution in [-0.4, -0.2) is 18.5 Å². The quantitative estimate of drug-likeness (QED) is 0.599. The van der Waals surface area contributed by atoms with Gasteiger partial charge in [-0.2, -0.15) is 0 Å². The van der Waals surface area contributed by atoms with Crippen LogP contribution in [0.1, 0.15) is 4.88 Å². The number of hydrogen-bond acceptors (Lipinski definition) is 4. The summed E-state index contributed by atoms with van der Waals surface area (Å²) in [4.78, 5) is 24.1. The molecule has 114 valence electrons. The highest BCUT2D eigenvalue weighted by atomic mass is 79.9. The van der Waals surface area contributed by atoms with Crippen molar-refractivity contribution < 1.29 is 14.3 Å². The Morgan fingerprint density at radius 1 is 1.27 bits per heavy atom. The predicted octanol–water partition coefficient (Wildman–Crippen LogP) is 4.36. The Bertz CT molecular complexity index is 714. The number of anilines is 1. The average Bonchev–Trinajstić information content (AvgIpc) is 2.91. The average molecular weight is 401 g/mol. The fraction of sp³-hybridized carbons (Fsp3) is 0.0667. The highest BCUT2D eigenvalue weighted by Gasteiger charge is 2.07. The zero-order valence-electron chi connectivity index (χ0n) is 11.2. The van der Waals surface area contributed by atoms with Crippen molar-refractivity contribution >= 4 is 62.5 Å². The van der Waals surface area contributed by atoms with Gasteiger partial charge in [-0.1, -0.05) is 23.7 Å². The number of carbonyl (C=O) groups is 2. The number of carbonyl (C=O) groups excluding carboxylic acids is 2. The second-order valence-corrected chi connectivity index (χ2v) is 7.01. The maximum absolute atomic E-state index is 11.7. The minimum Gasteiger partial charge on any atom is -0.452 e. The van der Waals surface area contributed by atoms with Gasteiger partial charge >= 0.3 is 5.97 Å². The predicted molar refractivity (Wildman–Crippen MR) is 92.1 cm³/mol. The fourth-order valence-corrected chi connectivity index (χ4v) is 3.01. The molecule has 0 atom stereocenters. The molecule has 0 spiro atoms. The first-order chi connectivity index (χ1) is 10.5. The molecule has 1 heterocycles. The molecule has 4 nitrogen and oxygen atoms in total. The summed E-state index contributed by atoms with van der Waals surface area (Å²) in [5.41, 5.74) is 0.476. The number of hydrogen-bond donors (Lipinski definition) is 1. The Kier molecular flexibility index (Phi) is 6.18. The molecule has 7 heteroatoms. The summed E-state index contributed by atoms with van der Waals surface area (Å²) >= 11 is 10.7. The lowest BCUT2D eigenvalue weighted by molar-refractivity contribution is -0.142. The first-order valence-electron chi connectivity index (χ1n) is 6.19. The number of thiophene rings is 1. The van der Waals surface area contributed by atoms with Crippen molar-refractivity contribution in [2.75, 3.05) is 11.9 Å². The van der Waals surface area contributed by atoms with Gasteiger partial charge in [0.25, 0.3) is 5.91 Å². The van der Waals surface area contributed by atoms with Crippen molar-refractivity contribution in [1.29, 1.82) is 0 Å². The maximum atomic E-state index is 11.7. The maximum Gasteiger partial charge on any atom is 0.331 e. The second-order valence-electron chi connectivity index (χ2n) is 4.11. The van der Waals surface area contributed by atoms with Crippen molar-refractivity contribution in [1.82, 2.24) is 0 Å². The molecule has 2 aromatic rings. The molecule has 0 aliphatic heterocycles. The normalized spacial score (nSPS) is 10.6. The number of esters is 1. The van der Waals surface area contributed by atoms with Crippen molar-refractivity contribution in [2.24, 2.45) is 0 Å². The highest BCUT2D eigenvalue weighted by molar-refractivity contribution is 9.11. The van der Waals surface area contributed by atoms with Gasteiger partial charge in [0.05, 0.1) is 14.5 Å². The van der Waals surface area contributed by atoms with Crippen LogP contribution in [0, 0.1) is 0 Å². The van der Waals surface area contributed by atoms with Crippen LogP contribution < -0.4 is 5.32 Å². The number of rotatable bonds is 5. The number of amides is 1. The number of ether oxygens (including phenoxy) is 1. The fourth-order valence-electron chi connectivity index (χ4n) is 1.50. The van der Waals surface area contributed by atoms with Gasteiger partial charge in [0, 0.05) is 11.0 Å². The van der Waals surface area contributed by atoms with Crippen LogP contribution in [0.2, 0.25) is 5.02 Å². The summed E-state index contributed by atoms with van der Waals surface area (Å²) in [5, 5.41) is 2.99. The standard InChI is InChI=1S/C15H11BrClNO3S/c16-13-7-5-10(22-13)6-8-15(20)21-9-14(19)18-12-4-2-1-3-11(12)17/h1-8H,9H2,(H,18,19)/b8-6+. The van der Waals surface area contributed by atoms with Crippen molar-refractivity contribution in [3.63, 3.8) is 0 Å². The third-order valence-electron chi connectivity index (χ3n) is 2.47. The summed E-state index contributed by atoms with van der Waals surface area (Å²) in [6.07, 6.45) is 2.91. The van der Waals surface area contributed by atoms with Gasteiger partial charge < -0.3 is 10.1 Å². The van der Waals surface area contributed by atoms with Crippen molar-refractivity contribution in [3.8, 4) is 0 Å². The Labute approximate surface area is 144 Å². The Balaban J connectivity index is 1.80. The molecule has 0 aliphatic carbocycles. The topological polar surface area (TPSA) is 55.4 Å². The molecule has 1 aromatic carbocycles. The van der Waals surface area contributed by atoms with Crippen molar-refractivity contribution in [3.05, 3.63) is 56.2 Å².